The minimum absolute atomic E-state index is 0.158. The Hall–Kier alpha value is -2.06. The van der Waals surface area contributed by atoms with Crippen LogP contribution in [-0.4, -0.2) is 26.2 Å². The Morgan fingerprint density at radius 3 is 3.00 bits per heavy atom. The zero-order chi connectivity index (χ0) is 12.5. The first kappa shape index (κ1) is 13.0. The number of methoxy groups -OCH3 is 1. The summed E-state index contributed by atoms with van der Waals surface area (Å²) in [6, 6.07) is 8.77. The van der Waals surface area contributed by atoms with Gasteiger partial charge in [-0.2, -0.15) is 5.26 Å². The Morgan fingerprint density at radius 1 is 1.47 bits per heavy atom. The van der Waals surface area contributed by atoms with Crippen molar-refractivity contribution in [1.82, 2.24) is 0 Å². The molecular formula is C12H14N2O3. The van der Waals surface area contributed by atoms with Crippen molar-refractivity contribution in [3.8, 4) is 11.8 Å². The van der Waals surface area contributed by atoms with Gasteiger partial charge in [0.1, 0.15) is 18.8 Å². The first-order chi connectivity index (χ1) is 8.26. The summed E-state index contributed by atoms with van der Waals surface area (Å²) in [5.74, 6) is 0.318. The number of nitriles is 1. The lowest BCUT2D eigenvalue weighted by atomic mass is 10.3. The first-order valence-electron chi connectivity index (χ1n) is 5.15. The number of hydrogen-bond donors (Lipinski definition) is 1. The number of amides is 1. The van der Waals surface area contributed by atoms with Gasteiger partial charge in [-0.25, -0.2) is 0 Å². The number of ether oxygens (including phenoxy) is 2. The second-order valence-corrected chi connectivity index (χ2v) is 3.25. The fourth-order valence-electron chi connectivity index (χ4n) is 1.18. The predicted octanol–water partition coefficient (Wildman–Crippen LogP) is 1.56. The van der Waals surface area contributed by atoms with E-state index in [0.717, 1.165) is 0 Å². The predicted molar refractivity (Wildman–Crippen MR) is 62.7 cm³/mol. The van der Waals surface area contributed by atoms with Crippen molar-refractivity contribution < 1.29 is 14.3 Å². The van der Waals surface area contributed by atoms with Gasteiger partial charge in [0.05, 0.1) is 12.7 Å². The summed E-state index contributed by atoms with van der Waals surface area (Å²) in [5, 5.41) is 11.0. The number of carbonyl (C=O) groups is 1. The van der Waals surface area contributed by atoms with Crippen LogP contribution in [0.15, 0.2) is 24.3 Å². The molecule has 1 aromatic carbocycles. The molecular weight excluding hydrogens is 220 g/mol. The third kappa shape index (κ3) is 5.00. The molecule has 0 aliphatic carbocycles. The second kappa shape index (κ2) is 7.25. The Labute approximate surface area is 100.0 Å². The van der Waals surface area contributed by atoms with E-state index in [0.29, 0.717) is 24.7 Å². The summed E-state index contributed by atoms with van der Waals surface area (Å²) < 4.78 is 10.2. The van der Waals surface area contributed by atoms with Crippen LogP contribution in [-0.2, 0) is 9.53 Å². The molecule has 0 heterocycles. The van der Waals surface area contributed by atoms with Gasteiger partial charge in [-0.1, -0.05) is 6.07 Å². The van der Waals surface area contributed by atoms with Crippen molar-refractivity contribution in [2.24, 2.45) is 0 Å². The Kier molecular flexibility index (Phi) is 5.55. The number of nitrogens with one attached hydrogen (secondary N) is 1. The summed E-state index contributed by atoms with van der Waals surface area (Å²) in [5.41, 5.74) is 0.611. The maximum Gasteiger partial charge on any atom is 0.238 e. The van der Waals surface area contributed by atoms with E-state index < -0.39 is 0 Å². The highest BCUT2D eigenvalue weighted by molar-refractivity contribution is 5.92. The van der Waals surface area contributed by atoms with Crippen molar-refractivity contribution in [3.05, 3.63) is 24.3 Å². The molecule has 0 fully saturated rings. The van der Waals surface area contributed by atoms with E-state index in [-0.39, 0.29) is 12.3 Å². The van der Waals surface area contributed by atoms with E-state index in [1.54, 1.807) is 37.4 Å². The quantitative estimate of drug-likeness (QED) is 0.758. The third-order valence-corrected chi connectivity index (χ3v) is 1.91. The molecule has 0 aromatic heterocycles. The molecule has 0 aliphatic rings. The highest BCUT2D eigenvalue weighted by Gasteiger charge is 2.02. The summed E-state index contributed by atoms with van der Waals surface area (Å²) >= 11 is 0. The first-order valence-corrected chi connectivity index (χ1v) is 5.15. The molecule has 0 saturated carbocycles. The SMILES string of the molecule is COCCOc1cccc(NC(=O)CC#N)c1. The average Bonchev–Trinajstić information content (AvgIpc) is 2.30. The van der Waals surface area contributed by atoms with Gasteiger partial charge in [-0.05, 0) is 12.1 Å². The van der Waals surface area contributed by atoms with Crippen LogP contribution in [0.1, 0.15) is 6.42 Å². The van der Waals surface area contributed by atoms with Crippen LogP contribution in [0.3, 0.4) is 0 Å². The maximum absolute atomic E-state index is 11.2. The molecule has 5 heteroatoms. The van der Waals surface area contributed by atoms with Crippen molar-refractivity contribution in [2.75, 3.05) is 25.6 Å². The van der Waals surface area contributed by atoms with E-state index in [1.165, 1.54) is 0 Å². The van der Waals surface area contributed by atoms with Crippen LogP contribution in [0.5, 0.6) is 5.75 Å². The summed E-state index contributed by atoms with van der Waals surface area (Å²) in [6.07, 6.45) is -0.158. The highest BCUT2D eigenvalue weighted by atomic mass is 16.5. The van der Waals surface area contributed by atoms with E-state index in [9.17, 15) is 4.79 Å². The lowest BCUT2D eigenvalue weighted by molar-refractivity contribution is -0.115. The van der Waals surface area contributed by atoms with E-state index in [4.69, 9.17) is 14.7 Å². The van der Waals surface area contributed by atoms with Gasteiger partial charge in [-0.3, -0.25) is 4.79 Å². The lowest BCUT2D eigenvalue weighted by Crippen LogP contribution is -2.10. The Balaban J connectivity index is 2.53. The standard InChI is InChI=1S/C12H14N2O3/c1-16-7-8-17-11-4-2-3-10(9-11)14-12(15)5-6-13/h2-4,9H,5,7-8H2,1H3,(H,14,15). The number of carbonyl (C=O) groups excluding carboxylic acids is 1. The molecule has 1 aromatic rings. The zero-order valence-corrected chi connectivity index (χ0v) is 9.60. The highest BCUT2D eigenvalue weighted by Crippen LogP contribution is 2.17. The number of hydrogen-bond acceptors (Lipinski definition) is 4. The molecule has 0 spiro atoms. The maximum atomic E-state index is 11.2. The average molecular weight is 234 g/mol. The van der Waals surface area contributed by atoms with E-state index in [1.807, 2.05) is 0 Å². The molecule has 0 aliphatic heterocycles. The molecule has 0 radical (unpaired) electrons. The van der Waals surface area contributed by atoms with Crippen LogP contribution in [0, 0.1) is 11.3 Å². The second-order valence-electron chi connectivity index (χ2n) is 3.25. The number of benzene rings is 1. The summed E-state index contributed by atoms with van der Waals surface area (Å²) in [7, 11) is 1.60. The monoisotopic (exact) mass is 234 g/mol. The van der Waals surface area contributed by atoms with E-state index >= 15 is 0 Å². The van der Waals surface area contributed by atoms with Crippen LogP contribution in [0.4, 0.5) is 5.69 Å². The summed E-state index contributed by atoms with van der Waals surface area (Å²) in [6.45, 7) is 0.955. The summed E-state index contributed by atoms with van der Waals surface area (Å²) in [4.78, 5) is 11.2. The lowest BCUT2D eigenvalue weighted by Gasteiger charge is -2.07. The van der Waals surface area contributed by atoms with Crippen LogP contribution < -0.4 is 10.1 Å². The van der Waals surface area contributed by atoms with Gasteiger partial charge in [0.25, 0.3) is 0 Å². The molecule has 0 saturated heterocycles. The largest absolute Gasteiger partial charge is 0.491 e. The van der Waals surface area contributed by atoms with E-state index in [2.05, 4.69) is 5.32 Å². The minimum atomic E-state index is -0.332. The van der Waals surface area contributed by atoms with Crippen molar-refractivity contribution >= 4 is 11.6 Å². The Morgan fingerprint density at radius 2 is 2.29 bits per heavy atom. The molecule has 17 heavy (non-hydrogen) atoms. The van der Waals surface area contributed by atoms with Crippen molar-refractivity contribution in [3.63, 3.8) is 0 Å². The molecule has 1 amide bonds. The number of anilines is 1. The van der Waals surface area contributed by atoms with Gasteiger partial charge in [-0.15, -0.1) is 0 Å². The van der Waals surface area contributed by atoms with Crippen LogP contribution in [0.2, 0.25) is 0 Å². The fourth-order valence-corrected chi connectivity index (χ4v) is 1.18. The normalized spacial score (nSPS) is 9.41. The molecule has 0 unspecified atom stereocenters. The zero-order valence-electron chi connectivity index (χ0n) is 9.60. The van der Waals surface area contributed by atoms with Gasteiger partial charge in [0.15, 0.2) is 0 Å². The number of rotatable bonds is 6. The Bertz CT molecular complexity index is 412. The molecule has 1 N–H and O–H groups in total. The van der Waals surface area contributed by atoms with Crippen LogP contribution in [0.25, 0.3) is 0 Å². The minimum Gasteiger partial charge on any atom is -0.491 e. The smallest absolute Gasteiger partial charge is 0.238 e. The molecule has 1 rings (SSSR count). The molecule has 0 bridgehead atoms. The van der Waals surface area contributed by atoms with Crippen LogP contribution >= 0.6 is 0 Å². The molecule has 0 atom stereocenters. The van der Waals surface area contributed by atoms with Gasteiger partial charge in [0, 0.05) is 18.9 Å². The van der Waals surface area contributed by atoms with Crippen molar-refractivity contribution in [1.29, 1.82) is 5.26 Å². The topological polar surface area (TPSA) is 71.3 Å². The van der Waals surface area contributed by atoms with Gasteiger partial charge < -0.3 is 14.8 Å². The third-order valence-electron chi connectivity index (χ3n) is 1.91. The fraction of sp³-hybridized carbons (Fsp3) is 0.333. The molecule has 5 nitrogen and oxygen atoms in total. The number of nitrogens with zero attached hydrogens (tertiary/aromatic N) is 1. The van der Waals surface area contributed by atoms with Crippen molar-refractivity contribution in [2.45, 2.75) is 6.42 Å². The van der Waals surface area contributed by atoms with Gasteiger partial charge >= 0.3 is 0 Å². The van der Waals surface area contributed by atoms with Gasteiger partial charge in [0.2, 0.25) is 5.91 Å². The molecule has 90 valence electrons.